The summed E-state index contributed by atoms with van der Waals surface area (Å²) in [7, 11) is 0. The Balaban J connectivity index is 2.41. The van der Waals surface area contributed by atoms with Crippen LogP contribution in [-0.4, -0.2) is 16.1 Å². The second-order valence-corrected chi connectivity index (χ2v) is 3.90. The molecule has 3 nitrogen and oxygen atoms in total. The van der Waals surface area contributed by atoms with E-state index in [0.717, 1.165) is 22.0 Å². The Morgan fingerprint density at radius 1 is 1.44 bits per heavy atom. The van der Waals surface area contributed by atoms with Crippen molar-refractivity contribution in [2.75, 3.05) is 0 Å². The summed E-state index contributed by atoms with van der Waals surface area (Å²) in [5.74, 6) is -0.774. The number of hydrogen-bond donors (Lipinski definition) is 1. The standard InChI is InChI=1S/C13H13NO2/c1-9-7-11-4-2-3-10(5-6-12(15)16)13(11)14-8-9/h2-4,7-8H,5-6H2,1H3,(H,15,16). The van der Waals surface area contributed by atoms with Gasteiger partial charge in [-0.15, -0.1) is 0 Å². The average molecular weight is 215 g/mol. The zero-order chi connectivity index (χ0) is 11.5. The summed E-state index contributed by atoms with van der Waals surface area (Å²) in [6.45, 7) is 2.00. The van der Waals surface area contributed by atoms with Crippen molar-refractivity contribution in [3.8, 4) is 0 Å². The van der Waals surface area contributed by atoms with Crippen molar-refractivity contribution in [2.24, 2.45) is 0 Å². The van der Waals surface area contributed by atoms with E-state index in [2.05, 4.69) is 11.1 Å². The predicted molar refractivity (Wildman–Crippen MR) is 62.4 cm³/mol. The highest BCUT2D eigenvalue weighted by Crippen LogP contribution is 2.18. The molecule has 1 heterocycles. The molecule has 0 radical (unpaired) electrons. The molecule has 0 aliphatic rings. The maximum Gasteiger partial charge on any atom is 0.303 e. The van der Waals surface area contributed by atoms with Gasteiger partial charge in [-0.2, -0.15) is 0 Å². The van der Waals surface area contributed by atoms with E-state index in [1.807, 2.05) is 31.3 Å². The largest absolute Gasteiger partial charge is 0.481 e. The van der Waals surface area contributed by atoms with Crippen molar-refractivity contribution in [2.45, 2.75) is 19.8 Å². The van der Waals surface area contributed by atoms with E-state index in [1.54, 1.807) is 0 Å². The number of fused-ring (bicyclic) bond motifs is 1. The molecule has 0 atom stereocenters. The molecular formula is C13H13NO2. The normalized spacial score (nSPS) is 10.6. The second-order valence-electron chi connectivity index (χ2n) is 3.90. The zero-order valence-electron chi connectivity index (χ0n) is 9.10. The van der Waals surface area contributed by atoms with Gasteiger partial charge in [-0.3, -0.25) is 9.78 Å². The summed E-state index contributed by atoms with van der Waals surface area (Å²) in [6, 6.07) is 7.94. The Morgan fingerprint density at radius 3 is 3.00 bits per heavy atom. The number of rotatable bonds is 3. The van der Waals surface area contributed by atoms with Gasteiger partial charge in [0.05, 0.1) is 5.52 Å². The van der Waals surface area contributed by atoms with E-state index < -0.39 is 5.97 Å². The van der Waals surface area contributed by atoms with Gasteiger partial charge in [0.15, 0.2) is 0 Å². The van der Waals surface area contributed by atoms with E-state index in [-0.39, 0.29) is 6.42 Å². The minimum absolute atomic E-state index is 0.147. The predicted octanol–water partition coefficient (Wildman–Crippen LogP) is 2.56. The van der Waals surface area contributed by atoms with Crippen LogP contribution in [0.15, 0.2) is 30.5 Å². The molecular weight excluding hydrogens is 202 g/mol. The van der Waals surface area contributed by atoms with Crippen LogP contribution in [0.5, 0.6) is 0 Å². The first-order chi connectivity index (χ1) is 7.66. The smallest absolute Gasteiger partial charge is 0.303 e. The summed E-state index contributed by atoms with van der Waals surface area (Å²) in [4.78, 5) is 14.9. The summed E-state index contributed by atoms with van der Waals surface area (Å²) in [5.41, 5.74) is 3.03. The van der Waals surface area contributed by atoms with Gasteiger partial charge in [0.25, 0.3) is 0 Å². The molecule has 82 valence electrons. The molecule has 16 heavy (non-hydrogen) atoms. The Labute approximate surface area is 93.7 Å². The van der Waals surface area contributed by atoms with Crippen molar-refractivity contribution in [1.29, 1.82) is 0 Å². The van der Waals surface area contributed by atoms with Crippen LogP contribution in [0.1, 0.15) is 17.5 Å². The van der Waals surface area contributed by atoms with Crippen LogP contribution in [0.25, 0.3) is 10.9 Å². The first-order valence-electron chi connectivity index (χ1n) is 5.23. The van der Waals surface area contributed by atoms with Crippen LogP contribution in [0, 0.1) is 6.92 Å². The van der Waals surface area contributed by atoms with E-state index in [4.69, 9.17) is 5.11 Å². The van der Waals surface area contributed by atoms with Gasteiger partial charge in [0.2, 0.25) is 0 Å². The Bertz CT molecular complexity index is 534. The van der Waals surface area contributed by atoms with Crippen LogP contribution in [-0.2, 0) is 11.2 Å². The molecule has 3 heteroatoms. The quantitative estimate of drug-likeness (QED) is 0.856. The summed E-state index contributed by atoms with van der Waals surface area (Å²) in [5, 5.41) is 9.74. The van der Waals surface area contributed by atoms with Crippen molar-refractivity contribution < 1.29 is 9.90 Å². The molecule has 0 saturated heterocycles. The van der Waals surface area contributed by atoms with Gasteiger partial charge in [-0.05, 0) is 30.5 Å². The monoisotopic (exact) mass is 215 g/mol. The molecule has 2 aromatic rings. The average Bonchev–Trinajstić information content (AvgIpc) is 2.25. The van der Waals surface area contributed by atoms with Crippen molar-refractivity contribution in [3.05, 3.63) is 41.6 Å². The van der Waals surface area contributed by atoms with Crippen LogP contribution in [0.3, 0.4) is 0 Å². The fourth-order valence-electron chi connectivity index (χ4n) is 1.78. The third-order valence-electron chi connectivity index (χ3n) is 2.54. The highest BCUT2D eigenvalue weighted by Gasteiger charge is 2.04. The number of aliphatic carboxylic acids is 1. The SMILES string of the molecule is Cc1cnc2c(CCC(=O)O)cccc2c1. The number of nitrogens with zero attached hydrogens (tertiary/aromatic N) is 1. The second kappa shape index (κ2) is 4.31. The summed E-state index contributed by atoms with van der Waals surface area (Å²) in [6.07, 6.45) is 2.49. The number of carbonyl (C=O) groups is 1. The lowest BCUT2D eigenvalue weighted by Crippen LogP contribution is -1.98. The van der Waals surface area contributed by atoms with Crippen molar-refractivity contribution in [3.63, 3.8) is 0 Å². The van der Waals surface area contributed by atoms with Crippen molar-refractivity contribution in [1.82, 2.24) is 4.98 Å². The van der Waals surface area contributed by atoms with E-state index >= 15 is 0 Å². The molecule has 1 aromatic heterocycles. The van der Waals surface area contributed by atoms with Crippen molar-refractivity contribution >= 4 is 16.9 Å². The van der Waals surface area contributed by atoms with Gasteiger partial charge in [0, 0.05) is 18.0 Å². The number of aromatic nitrogens is 1. The molecule has 1 N–H and O–H groups in total. The van der Waals surface area contributed by atoms with Crippen LogP contribution < -0.4 is 0 Å². The summed E-state index contributed by atoms with van der Waals surface area (Å²) < 4.78 is 0. The Kier molecular flexibility index (Phi) is 2.86. The lowest BCUT2D eigenvalue weighted by Gasteiger charge is -2.04. The molecule has 1 aromatic carbocycles. The first-order valence-corrected chi connectivity index (χ1v) is 5.23. The number of carboxylic acids is 1. The topological polar surface area (TPSA) is 50.2 Å². The van der Waals surface area contributed by atoms with E-state index in [0.29, 0.717) is 6.42 Å². The lowest BCUT2D eigenvalue weighted by atomic mass is 10.0. The Morgan fingerprint density at radius 2 is 2.25 bits per heavy atom. The number of carboxylic acid groups (broad SMARTS) is 1. The minimum Gasteiger partial charge on any atom is -0.481 e. The van der Waals surface area contributed by atoms with Gasteiger partial charge in [-0.25, -0.2) is 0 Å². The number of benzene rings is 1. The highest BCUT2D eigenvalue weighted by atomic mass is 16.4. The molecule has 0 bridgehead atoms. The minimum atomic E-state index is -0.774. The zero-order valence-corrected chi connectivity index (χ0v) is 9.10. The maximum absolute atomic E-state index is 10.5. The Hall–Kier alpha value is -1.90. The lowest BCUT2D eigenvalue weighted by molar-refractivity contribution is -0.136. The molecule has 0 aliphatic carbocycles. The first kappa shape index (κ1) is 10.6. The molecule has 0 saturated carbocycles. The van der Waals surface area contributed by atoms with Crippen LogP contribution in [0.4, 0.5) is 0 Å². The van der Waals surface area contributed by atoms with Crippen LogP contribution >= 0.6 is 0 Å². The van der Waals surface area contributed by atoms with Crippen LogP contribution in [0.2, 0.25) is 0 Å². The molecule has 0 aliphatic heterocycles. The number of pyridine rings is 1. The number of hydrogen-bond acceptors (Lipinski definition) is 2. The molecule has 0 spiro atoms. The summed E-state index contributed by atoms with van der Waals surface area (Å²) >= 11 is 0. The van der Waals surface area contributed by atoms with E-state index in [1.165, 1.54) is 0 Å². The number of para-hydroxylation sites is 1. The third kappa shape index (κ3) is 2.19. The fraction of sp³-hybridized carbons (Fsp3) is 0.231. The molecule has 0 unspecified atom stereocenters. The third-order valence-corrected chi connectivity index (χ3v) is 2.54. The van der Waals surface area contributed by atoms with Gasteiger partial charge in [0.1, 0.15) is 0 Å². The van der Waals surface area contributed by atoms with Gasteiger partial charge < -0.3 is 5.11 Å². The molecule has 0 amide bonds. The highest BCUT2D eigenvalue weighted by molar-refractivity contribution is 5.82. The maximum atomic E-state index is 10.5. The number of aryl methyl sites for hydroxylation is 2. The van der Waals surface area contributed by atoms with E-state index in [9.17, 15) is 4.79 Å². The molecule has 0 fully saturated rings. The molecule has 2 rings (SSSR count). The van der Waals surface area contributed by atoms with Gasteiger partial charge >= 0.3 is 5.97 Å². The van der Waals surface area contributed by atoms with Gasteiger partial charge in [-0.1, -0.05) is 18.2 Å². The fourth-order valence-corrected chi connectivity index (χ4v) is 1.78.